The number of aliphatic hydroxyl groups is 1. The van der Waals surface area contributed by atoms with Gasteiger partial charge in [0.05, 0.1) is 11.5 Å². The molecule has 0 spiro atoms. The molecule has 1 heterocycles. The van der Waals surface area contributed by atoms with E-state index in [-0.39, 0.29) is 6.61 Å². The van der Waals surface area contributed by atoms with Gasteiger partial charge in [-0.25, -0.2) is 8.42 Å². The van der Waals surface area contributed by atoms with Crippen LogP contribution in [-0.4, -0.2) is 69.1 Å². The van der Waals surface area contributed by atoms with E-state index < -0.39 is 10.0 Å². The van der Waals surface area contributed by atoms with E-state index in [4.69, 9.17) is 5.11 Å². The molecule has 0 saturated carbocycles. The molecule has 1 aromatic rings. The van der Waals surface area contributed by atoms with E-state index in [2.05, 4.69) is 10.2 Å². The van der Waals surface area contributed by atoms with Crippen LogP contribution in [0.5, 0.6) is 0 Å². The summed E-state index contributed by atoms with van der Waals surface area (Å²) in [7, 11) is -1.63. The molecule has 1 aromatic carbocycles. The molecule has 1 aliphatic rings. The highest BCUT2D eigenvalue weighted by molar-refractivity contribution is 7.89. The Morgan fingerprint density at radius 2 is 1.86 bits per heavy atom. The second-order valence-corrected chi connectivity index (χ2v) is 7.04. The van der Waals surface area contributed by atoms with E-state index in [1.165, 1.54) is 0 Å². The zero-order valence-electron chi connectivity index (χ0n) is 12.3. The number of benzene rings is 1. The first-order valence-electron chi connectivity index (χ1n) is 7.19. The Morgan fingerprint density at radius 1 is 1.14 bits per heavy atom. The fourth-order valence-electron chi connectivity index (χ4n) is 2.50. The van der Waals surface area contributed by atoms with Crippen LogP contribution in [0, 0.1) is 0 Å². The molecule has 1 saturated heterocycles. The van der Waals surface area contributed by atoms with Crippen LogP contribution in [0.2, 0.25) is 0 Å². The van der Waals surface area contributed by atoms with Gasteiger partial charge in [0, 0.05) is 38.9 Å². The van der Waals surface area contributed by atoms with Gasteiger partial charge in [0.1, 0.15) is 0 Å². The molecule has 2 rings (SSSR count). The molecule has 0 bridgehead atoms. The first-order valence-corrected chi connectivity index (χ1v) is 8.63. The van der Waals surface area contributed by atoms with Crippen molar-refractivity contribution in [1.29, 1.82) is 0 Å². The van der Waals surface area contributed by atoms with Crippen molar-refractivity contribution in [3.05, 3.63) is 24.3 Å². The van der Waals surface area contributed by atoms with Gasteiger partial charge in [-0.05, 0) is 37.2 Å². The molecule has 118 valence electrons. The van der Waals surface area contributed by atoms with Crippen LogP contribution in [0.25, 0.3) is 0 Å². The van der Waals surface area contributed by atoms with Crippen molar-refractivity contribution in [3.63, 3.8) is 0 Å². The Morgan fingerprint density at radius 3 is 2.48 bits per heavy atom. The third-order valence-corrected chi connectivity index (χ3v) is 5.66. The standard InChI is InChI=1S/C14H23N3O3S/c1-15-13-3-5-14(6-4-13)21(19,20)17-8-2-7-16(9-10-17)11-12-18/h3-6,15,18H,2,7-12H2,1H3. The smallest absolute Gasteiger partial charge is 0.243 e. The highest BCUT2D eigenvalue weighted by atomic mass is 32.2. The Bertz CT molecular complexity index is 545. The average molecular weight is 313 g/mol. The zero-order valence-corrected chi connectivity index (χ0v) is 13.1. The molecule has 6 nitrogen and oxygen atoms in total. The van der Waals surface area contributed by atoms with E-state index in [0.29, 0.717) is 31.1 Å². The lowest BCUT2D eigenvalue weighted by Gasteiger charge is -2.21. The van der Waals surface area contributed by atoms with Crippen molar-refractivity contribution in [2.75, 3.05) is 51.7 Å². The summed E-state index contributed by atoms with van der Waals surface area (Å²) in [6.45, 7) is 3.19. The summed E-state index contributed by atoms with van der Waals surface area (Å²) < 4.78 is 26.8. The van der Waals surface area contributed by atoms with E-state index in [0.717, 1.165) is 18.7 Å². The molecule has 7 heteroatoms. The van der Waals surface area contributed by atoms with Crippen molar-refractivity contribution in [2.45, 2.75) is 11.3 Å². The maximum atomic E-state index is 12.6. The van der Waals surface area contributed by atoms with E-state index >= 15 is 0 Å². The average Bonchev–Trinajstić information content (AvgIpc) is 2.74. The Balaban J connectivity index is 2.11. The minimum Gasteiger partial charge on any atom is -0.395 e. The molecular formula is C14H23N3O3S. The summed E-state index contributed by atoms with van der Waals surface area (Å²) in [5, 5.41) is 12.0. The van der Waals surface area contributed by atoms with Gasteiger partial charge in [0.2, 0.25) is 10.0 Å². The van der Waals surface area contributed by atoms with Gasteiger partial charge in [-0.2, -0.15) is 4.31 Å². The number of aliphatic hydroxyl groups excluding tert-OH is 1. The quantitative estimate of drug-likeness (QED) is 0.824. The maximum absolute atomic E-state index is 12.6. The SMILES string of the molecule is CNc1ccc(S(=O)(=O)N2CCCN(CCO)CC2)cc1. The maximum Gasteiger partial charge on any atom is 0.243 e. The molecule has 0 atom stereocenters. The topological polar surface area (TPSA) is 72.9 Å². The predicted molar refractivity (Wildman–Crippen MR) is 82.9 cm³/mol. The second kappa shape index (κ2) is 7.22. The Hall–Kier alpha value is -1.15. The number of hydrogen-bond acceptors (Lipinski definition) is 5. The first-order chi connectivity index (χ1) is 10.1. The highest BCUT2D eigenvalue weighted by Crippen LogP contribution is 2.19. The number of β-amino-alcohol motifs (C(OH)–C–C–N with tert-alkyl or cyclic N) is 1. The number of nitrogens with one attached hydrogen (secondary N) is 1. The minimum absolute atomic E-state index is 0.109. The van der Waals surface area contributed by atoms with Gasteiger partial charge in [-0.15, -0.1) is 0 Å². The first kappa shape index (κ1) is 16.2. The number of anilines is 1. The van der Waals surface area contributed by atoms with Crippen LogP contribution in [-0.2, 0) is 10.0 Å². The molecule has 2 N–H and O–H groups in total. The van der Waals surface area contributed by atoms with Crippen molar-refractivity contribution in [1.82, 2.24) is 9.21 Å². The molecule has 1 aliphatic heterocycles. The lowest BCUT2D eigenvalue weighted by atomic mass is 10.3. The van der Waals surface area contributed by atoms with Crippen molar-refractivity contribution >= 4 is 15.7 Å². The van der Waals surface area contributed by atoms with Crippen LogP contribution in [0.1, 0.15) is 6.42 Å². The van der Waals surface area contributed by atoms with Crippen molar-refractivity contribution < 1.29 is 13.5 Å². The van der Waals surface area contributed by atoms with Gasteiger partial charge < -0.3 is 10.4 Å². The molecule has 21 heavy (non-hydrogen) atoms. The minimum atomic E-state index is -3.43. The van der Waals surface area contributed by atoms with Gasteiger partial charge in [-0.3, -0.25) is 4.90 Å². The van der Waals surface area contributed by atoms with Crippen LogP contribution < -0.4 is 5.32 Å². The van der Waals surface area contributed by atoms with E-state index in [1.807, 2.05) is 0 Å². The van der Waals surface area contributed by atoms with Crippen LogP contribution in [0.3, 0.4) is 0 Å². The summed E-state index contributed by atoms with van der Waals surface area (Å²) in [5.41, 5.74) is 0.888. The van der Waals surface area contributed by atoms with Crippen molar-refractivity contribution in [3.8, 4) is 0 Å². The molecule has 0 amide bonds. The van der Waals surface area contributed by atoms with Gasteiger partial charge in [0.15, 0.2) is 0 Å². The Labute approximate surface area is 126 Å². The number of rotatable bonds is 5. The van der Waals surface area contributed by atoms with Gasteiger partial charge >= 0.3 is 0 Å². The fraction of sp³-hybridized carbons (Fsp3) is 0.571. The van der Waals surface area contributed by atoms with Crippen molar-refractivity contribution in [2.24, 2.45) is 0 Å². The number of nitrogens with zero attached hydrogens (tertiary/aromatic N) is 2. The van der Waals surface area contributed by atoms with Crippen LogP contribution in [0.15, 0.2) is 29.2 Å². The highest BCUT2D eigenvalue weighted by Gasteiger charge is 2.26. The summed E-state index contributed by atoms with van der Waals surface area (Å²) in [6, 6.07) is 6.81. The summed E-state index contributed by atoms with van der Waals surface area (Å²) in [6.07, 6.45) is 0.786. The molecule has 1 fully saturated rings. The number of hydrogen-bond donors (Lipinski definition) is 2. The molecule has 0 radical (unpaired) electrons. The summed E-state index contributed by atoms with van der Waals surface area (Å²) >= 11 is 0. The zero-order chi connectivity index (χ0) is 15.3. The molecule has 0 aromatic heterocycles. The van der Waals surface area contributed by atoms with E-state index in [9.17, 15) is 8.42 Å². The predicted octanol–water partition coefficient (Wildman–Crippen LogP) is 0.417. The normalized spacial score (nSPS) is 18.4. The third-order valence-electron chi connectivity index (χ3n) is 3.74. The largest absolute Gasteiger partial charge is 0.395 e. The summed E-state index contributed by atoms with van der Waals surface area (Å²) in [4.78, 5) is 2.43. The second-order valence-electron chi connectivity index (χ2n) is 5.10. The molecule has 0 aliphatic carbocycles. The fourth-order valence-corrected chi connectivity index (χ4v) is 3.96. The monoisotopic (exact) mass is 313 g/mol. The molecule has 0 unspecified atom stereocenters. The van der Waals surface area contributed by atoms with E-state index in [1.54, 1.807) is 35.6 Å². The lowest BCUT2D eigenvalue weighted by Crippen LogP contribution is -2.35. The van der Waals surface area contributed by atoms with Gasteiger partial charge in [0.25, 0.3) is 0 Å². The third kappa shape index (κ3) is 3.94. The molecular weight excluding hydrogens is 290 g/mol. The van der Waals surface area contributed by atoms with Crippen LogP contribution >= 0.6 is 0 Å². The lowest BCUT2D eigenvalue weighted by molar-refractivity contribution is 0.202. The number of sulfonamides is 1. The Kier molecular flexibility index (Phi) is 5.58. The summed E-state index contributed by atoms with van der Waals surface area (Å²) in [5.74, 6) is 0. The van der Waals surface area contributed by atoms with Gasteiger partial charge in [-0.1, -0.05) is 0 Å². The van der Waals surface area contributed by atoms with Crippen LogP contribution in [0.4, 0.5) is 5.69 Å².